The number of nitrogens with two attached hydrogens (primary N) is 1. The van der Waals surface area contributed by atoms with Gasteiger partial charge in [-0.3, -0.25) is 14.9 Å². The van der Waals surface area contributed by atoms with E-state index in [-0.39, 0.29) is 17.1 Å². The number of nitro benzene ring substituents is 1. The molecule has 1 atom stereocenters. The lowest BCUT2D eigenvalue weighted by molar-refractivity contribution is -0.384. The van der Waals surface area contributed by atoms with Crippen molar-refractivity contribution < 1.29 is 9.72 Å². The van der Waals surface area contributed by atoms with Crippen LogP contribution in [0.2, 0.25) is 0 Å². The van der Waals surface area contributed by atoms with Gasteiger partial charge in [0.1, 0.15) is 10.5 Å². The van der Waals surface area contributed by atoms with E-state index in [0.29, 0.717) is 17.7 Å². The molecular weight excluding hydrogens is 316 g/mol. The van der Waals surface area contributed by atoms with Gasteiger partial charge in [0, 0.05) is 36.1 Å². The van der Waals surface area contributed by atoms with E-state index in [1.165, 1.54) is 23.5 Å². The van der Waals surface area contributed by atoms with Gasteiger partial charge in [-0.2, -0.15) is 0 Å². The number of β-lactam (4-membered cyclic amide) rings is 1. The first-order valence-electron chi connectivity index (χ1n) is 7.32. The molecule has 1 unspecified atom stereocenters. The number of nitro groups is 1. The molecule has 1 aromatic carbocycles. The number of aromatic nitrogens is 1. The number of carbonyl (C=O) groups is 1. The maximum Gasteiger partial charge on any atom is 0.272 e. The predicted octanol–water partition coefficient (Wildman–Crippen LogP) is 2.52. The number of hydrogen-bond donors (Lipinski definition) is 1. The van der Waals surface area contributed by atoms with Gasteiger partial charge in [0.05, 0.1) is 16.2 Å². The van der Waals surface area contributed by atoms with Gasteiger partial charge in [-0.25, -0.2) is 4.98 Å². The first-order valence-corrected chi connectivity index (χ1v) is 8.13. The Bertz CT molecular complexity index is 834. The minimum absolute atomic E-state index is 0.0329. The Balaban J connectivity index is 1.72. The third kappa shape index (κ3) is 2.02. The number of anilines is 1. The van der Waals surface area contributed by atoms with E-state index in [2.05, 4.69) is 4.98 Å². The van der Waals surface area contributed by atoms with Crippen LogP contribution in [0.4, 0.5) is 11.4 Å². The highest BCUT2D eigenvalue weighted by atomic mass is 32.1. The fourth-order valence-corrected chi connectivity index (χ4v) is 4.61. The zero-order valence-corrected chi connectivity index (χ0v) is 13.0. The quantitative estimate of drug-likeness (QED) is 0.403. The Kier molecular flexibility index (Phi) is 2.92. The molecule has 0 aliphatic carbocycles. The molecule has 1 aromatic heterocycles. The van der Waals surface area contributed by atoms with Crippen LogP contribution in [0.3, 0.4) is 0 Å². The fraction of sp³-hybridized carbons (Fsp3) is 0.333. The molecule has 8 heteroatoms. The van der Waals surface area contributed by atoms with Crippen LogP contribution < -0.4 is 5.73 Å². The summed E-state index contributed by atoms with van der Waals surface area (Å²) in [4.78, 5) is 29.5. The van der Waals surface area contributed by atoms with Crippen molar-refractivity contribution in [1.29, 1.82) is 0 Å². The summed E-state index contributed by atoms with van der Waals surface area (Å²) in [5, 5.41) is 11.9. The molecule has 0 radical (unpaired) electrons. The molecule has 1 amide bonds. The average molecular weight is 330 g/mol. The number of carbonyl (C=O) groups excluding carboxylic acids is 1. The summed E-state index contributed by atoms with van der Waals surface area (Å²) in [6.45, 7) is 0.789. The van der Waals surface area contributed by atoms with E-state index in [1.807, 2.05) is 4.90 Å². The van der Waals surface area contributed by atoms with Crippen molar-refractivity contribution in [3.63, 3.8) is 0 Å². The molecule has 2 N–H and O–H groups in total. The molecule has 2 fully saturated rings. The van der Waals surface area contributed by atoms with E-state index in [1.54, 1.807) is 12.3 Å². The summed E-state index contributed by atoms with van der Waals surface area (Å²) in [5.41, 5.74) is 6.53. The number of rotatable bonds is 3. The maximum absolute atomic E-state index is 11.7. The van der Waals surface area contributed by atoms with Crippen molar-refractivity contribution in [3.05, 3.63) is 39.5 Å². The van der Waals surface area contributed by atoms with Crippen molar-refractivity contribution in [1.82, 2.24) is 9.88 Å². The van der Waals surface area contributed by atoms with Crippen molar-refractivity contribution in [2.75, 3.05) is 12.3 Å². The third-order valence-corrected chi connectivity index (χ3v) is 5.81. The van der Waals surface area contributed by atoms with Crippen molar-refractivity contribution in [2.24, 2.45) is 0 Å². The molecule has 23 heavy (non-hydrogen) atoms. The predicted molar refractivity (Wildman–Crippen MR) is 85.9 cm³/mol. The molecule has 2 aromatic rings. The molecule has 0 bridgehead atoms. The van der Waals surface area contributed by atoms with Crippen LogP contribution in [0.15, 0.2) is 24.4 Å². The molecule has 2 saturated heterocycles. The Labute approximate surface area is 135 Å². The number of hydrogen-bond acceptors (Lipinski definition) is 6. The summed E-state index contributed by atoms with van der Waals surface area (Å²) in [6.07, 6.45) is 4.15. The number of nitrogens with zero attached hydrogens (tertiary/aromatic N) is 3. The van der Waals surface area contributed by atoms with Crippen LogP contribution in [0.1, 0.15) is 24.3 Å². The normalized spacial score (nSPS) is 22.8. The summed E-state index contributed by atoms with van der Waals surface area (Å²) in [5.74, 6) is 0.179. The van der Waals surface area contributed by atoms with Gasteiger partial charge in [0.25, 0.3) is 5.69 Å². The van der Waals surface area contributed by atoms with Crippen molar-refractivity contribution >= 4 is 28.6 Å². The number of amides is 1. The first kappa shape index (κ1) is 14.1. The Morgan fingerprint density at radius 1 is 1.39 bits per heavy atom. The molecular formula is C15H14N4O3S. The smallest absolute Gasteiger partial charge is 0.272 e. The lowest BCUT2D eigenvalue weighted by Gasteiger charge is -2.45. The summed E-state index contributed by atoms with van der Waals surface area (Å²) in [7, 11) is 0. The van der Waals surface area contributed by atoms with Crippen LogP contribution in [0.25, 0.3) is 10.4 Å². The Hall–Kier alpha value is -2.48. The van der Waals surface area contributed by atoms with E-state index in [4.69, 9.17) is 5.73 Å². The van der Waals surface area contributed by atoms with E-state index in [9.17, 15) is 14.9 Å². The Morgan fingerprint density at radius 3 is 2.96 bits per heavy atom. The standard InChI is InChI=1S/C15H14N4O3S/c16-10-4-9(5-11(6-10)19(21)22)12-8-17-14(23-12)15-2-1-3-18(15)13(20)7-15/h4-6,8H,1-3,7,16H2. The van der Waals surface area contributed by atoms with Gasteiger partial charge in [0.2, 0.25) is 5.91 Å². The molecule has 0 spiro atoms. The van der Waals surface area contributed by atoms with Gasteiger partial charge in [-0.05, 0) is 18.9 Å². The average Bonchev–Trinajstić information content (AvgIpc) is 3.10. The molecule has 7 nitrogen and oxygen atoms in total. The number of non-ortho nitro benzene ring substituents is 1. The van der Waals surface area contributed by atoms with Crippen LogP contribution in [0, 0.1) is 10.1 Å². The molecule has 118 valence electrons. The van der Waals surface area contributed by atoms with E-state index < -0.39 is 4.92 Å². The number of nitrogen functional groups attached to an aromatic ring is 1. The molecule has 0 saturated carbocycles. The maximum atomic E-state index is 11.7. The molecule has 3 heterocycles. The summed E-state index contributed by atoms with van der Waals surface area (Å²) >= 11 is 1.49. The Morgan fingerprint density at radius 2 is 2.22 bits per heavy atom. The zero-order chi connectivity index (χ0) is 16.2. The SMILES string of the molecule is Nc1cc(-c2cnc(C34CCCN3C(=O)C4)s2)cc([N+](=O)[O-])c1. The van der Waals surface area contributed by atoms with Crippen molar-refractivity contribution in [2.45, 2.75) is 24.8 Å². The largest absolute Gasteiger partial charge is 0.399 e. The summed E-state index contributed by atoms with van der Waals surface area (Å²) < 4.78 is 0. The van der Waals surface area contributed by atoms with Crippen LogP contribution in [-0.4, -0.2) is 27.3 Å². The van der Waals surface area contributed by atoms with E-state index >= 15 is 0 Å². The lowest BCUT2D eigenvalue weighted by atomic mass is 9.85. The molecule has 2 aliphatic rings. The van der Waals surface area contributed by atoms with E-state index in [0.717, 1.165) is 29.3 Å². The van der Waals surface area contributed by atoms with Crippen molar-refractivity contribution in [3.8, 4) is 10.4 Å². The molecule has 4 rings (SSSR count). The van der Waals surface area contributed by atoms with Gasteiger partial charge in [-0.1, -0.05) is 0 Å². The van der Waals surface area contributed by atoms with Crippen LogP contribution in [0.5, 0.6) is 0 Å². The lowest BCUT2D eigenvalue weighted by Crippen LogP contribution is -2.57. The van der Waals surface area contributed by atoms with Crippen LogP contribution >= 0.6 is 11.3 Å². The number of benzene rings is 1. The zero-order valence-electron chi connectivity index (χ0n) is 12.2. The minimum atomic E-state index is -0.455. The highest BCUT2D eigenvalue weighted by Gasteiger charge is 2.56. The number of fused-ring (bicyclic) bond motifs is 1. The fourth-order valence-electron chi connectivity index (χ4n) is 3.48. The second-order valence-electron chi connectivity index (χ2n) is 5.96. The summed E-state index contributed by atoms with van der Waals surface area (Å²) in [6, 6.07) is 4.55. The third-order valence-electron chi connectivity index (χ3n) is 4.57. The highest BCUT2D eigenvalue weighted by Crippen LogP contribution is 2.51. The van der Waals surface area contributed by atoms with Crippen LogP contribution in [-0.2, 0) is 10.3 Å². The monoisotopic (exact) mass is 330 g/mol. The first-order chi connectivity index (χ1) is 11.0. The minimum Gasteiger partial charge on any atom is -0.399 e. The van der Waals surface area contributed by atoms with Gasteiger partial charge in [0.15, 0.2) is 0 Å². The second kappa shape index (κ2) is 4.76. The number of thiazole rings is 1. The topological polar surface area (TPSA) is 102 Å². The van der Waals surface area contributed by atoms with Gasteiger partial charge < -0.3 is 10.6 Å². The second-order valence-corrected chi connectivity index (χ2v) is 6.99. The van der Waals surface area contributed by atoms with Gasteiger partial charge >= 0.3 is 0 Å². The van der Waals surface area contributed by atoms with Gasteiger partial charge in [-0.15, -0.1) is 11.3 Å². The molecule has 2 aliphatic heterocycles. The highest BCUT2D eigenvalue weighted by molar-refractivity contribution is 7.15.